The SMILES string of the molecule is c1ccc(C2=NC(c3cccc4oc5ccccc5c34)NC(c3ccccc3-c3cccc4oc5cc6ccncc6cc5c34)N2)cc1. The van der Waals surface area contributed by atoms with Crippen LogP contribution in [0.15, 0.2) is 160 Å². The van der Waals surface area contributed by atoms with Crippen LogP contribution in [0.4, 0.5) is 0 Å². The number of fused-ring (bicyclic) bond motifs is 7. The molecule has 0 bridgehead atoms. The lowest BCUT2D eigenvalue weighted by atomic mass is 9.93. The molecule has 0 spiro atoms. The van der Waals surface area contributed by atoms with E-state index in [1.807, 2.05) is 67.0 Å². The predicted octanol–water partition coefficient (Wildman–Crippen LogP) is 10.0. The molecule has 9 aromatic rings. The molecule has 48 heavy (non-hydrogen) atoms. The standard InChI is InChI=1S/C42H28N4O2/c1-2-10-25(11-3-1)40-44-41(46-42(45-40)32-16-9-19-36-39(32)31-14-6-7-17-34(31)47-36)30-13-5-4-12-28(30)29-15-8-18-35-38(29)33-22-27-24-43-21-20-26(27)23-37(33)48-35/h1-24,41-42,46H,(H,44,45). The highest BCUT2D eigenvalue weighted by atomic mass is 16.3. The molecule has 0 fully saturated rings. The molecule has 2 unspecified atom stereocenters. The number of aliphatic imine (C=N–C) groups is 1. The van der Waals surface area contributed by atoms with E-state index in [9.17, 15) is 0 Å². The van der Waals surface area contributed by atoms with Crippen molar-refractivity contribution in [3.63, 3.8) is 0 Å². The van der Waals surface area contributed by atoms with Crippen molar-refractivity contribution >= 4 is 60.5 Å². The van der Waals surface area contributed by atoms with E-state index in [0.717, 1.165) is 88.3 Å². The molecule has 0 amide bonds. The molecule has 6 heteroatoms. The lowest BCUT2D eigenvalue weighted by Gasteiger charge is -2.33. The van der Waals surface area contributed by atoms with Gasteiger partial charge in [0.2, 0.25) is 0 Å². The fourth-order valence-electron chi connectivity index (χ4n) is 7.28. The van der Waals surface area contributed by atoms with Crippen molar-refractivity contribution < 1.29 is 8.83 Å². The topological polar surface area (TPSA) is 75.6 Å². The van der Waals surface area contributed by atoms with Crippen LogP contribution in [0.3, 0.4) is 0 Å². The molecule has 6 nitrogen and oxygen atoms in total. The number of nitrogens with zero attached hydrogens (tertiary/aromatic N) is 2. The first-order valence-corrected chi connectivity index (χ1v) is 16.1. The van der Waals surface area contributed by atoms with Gasteiger partial charge < -0.3 is 14.2 Å². The Hall–Kier alpha value is -6.24. The Morgan fingerprint density at radius 2 is 1.27 bits per heavy atom. The largest absolute Gasteiger partial charge is 0.456 e. The van der Waals surface area contributed by atoms with Crippen molar-refractivity contribution in [2.75, 3.05) is 0 Å². The van der Waals surface area contributed by atoms with E-state index >= 15 is 0 Å². The lowest BCUT2D eigenvalue weighted by molar-refractivity contribution is 0.411. The normalized spacial score (nSPS) is 16.5. The van der Waals surface area contributed by atoms with E-state index in [4.69, 9.17) is 13.8 Å². The number of para-hydroxylation sites is 1. The van der Waals surface area contributed by atoms with Crippen LogP contribution in [-0.4, -0.2) is 10.8 Å². The summed E-state index contributed by atoms with van der Waals surface area (Å²) in [5.41, 5.74) is 8.86. The number of nitrogens with one attached hydrogen (secondary N) is 2. The molecule has 1 aliphatic heterocycles. The van der Waals surface area contributed by atoms with Crippen molar-refractivity contribution in [1.82, 2.24) is 15.6 Å². The molecule has 0 radical (unpaired) electrons. The fourth-order valence-corrected chi connectivity index (χ4v) is 7.28. The Kier molecular flexibility index (Phi) is 5.98. The molecule has 2 atom stereocenters. The maximum atomic E-state index is 6.45. The van der Waals surface area contributed by atoms with Crippen LogP contribution < -0.4 is 10.6 Å². The van der Waals surface area contributed by atoms with Crippen LogP contribution in [0.2, 0.25) is 0 Å². The third kappa shape index (κ3) is 4.24. The summed E-state index contributed by atoms with van der Waals surface area (Å²) in [6, 6.07) is 46.0. The molecule has 228 valence electrons. The first-order valence-electron chi connectivity index (χ1n) is 16.1. The number of aromatic nitrogens is 1. The van der Waals surface area contributed by atoms with Crippen LogP contribution in [-0.2, 0) is 0 Å². The Bertz CT molecular complexity index is 2710. The number of furan rings is 2. The van der Waals surface area contributed by atoms with Crippen LogP contribution in [0.25, 0.3) is 65.8 Å². The van der Waals surface area contributed by atoms with Gasteiger partial charge in [-0.25, -0.2) is 4.99 Å². The molecule has 1 aliphatic rings. The summed E-state index contributed by atoms with van der Waals surface area (Å²) >= 11 is 0. The predicted molar refractivity (Wildman–Crippen MR) is 193 cm³/mol. The van der Waals surface area contributed by atoms with Gasteiger partial charge in [0.05, 0.1) is 0 Å². The number of hydrogen-bond acceptors (Lipinski definition) is 6. The minimum Gasteiger partial charge on any atom is -0.456 e. The highest BCUT2D eigenvalue weighted by molar-refractivity contribution is 6.16. The molecule has 0 saturated carbocycles. The lowest BCUT2D eigenvalue weighted by Crippen LogP contribution is -2.45. The van der Waals surface area contributed by atoms with Gasteiger partial charge in [-0.05, 0) is 58.5 Å². The van der Waals surface area contributed by atoms with Crippen LogP contribution in [0.1, 0.15) is 29.0 Å². The van der Waals surface area contributed by atoms with Crippen molar-refractivity contribution in [2.45, 2.75) is 12.3 Å². The summed E-state index contributed by atoms with van der Waals surface area (Å²) in [6.07, 6.45) is 3.13. The minimum absolute atomic E-state index is 0.259. The van der Waals surface area contributed by atoms with Crippen molar-refractivity contribution in [2.24, 2.45) is 4.99 Å². The van der Waals surface area contributed by atoms with Crippen molar-refractivity contribution in [1.29, 1.82) is 0 Å². The zero-order valence-electron chi connectivity index (χ0n) is 25.7. The number of hydrogen-bond donors (Lipinski definition) is 2. The number of amidine groups is 1. The number of rotatable bonds is 4. The Balaban J connectivity index is 1.16. The third-order valence-electron chi connectivity index (χ3n) is 9.46. The van der Waals surface area contributed by atoms with E-state index < -0.39 is 0 Å². The smallest absolute Gasteiger partial charge is 0.136 e. The molecule has 3 aromatic heterocycles. The maximum absolute atomic E-state index is 6.45. The van der Waals surface area contributed by atoms with Crippen molar-refractivity contribution in [3.8, 4) is 11.1 Å². The molecule has 0 saturated heterocycles. The van der Waals surface area contributed by atoms with E-state index in [2.05, 4.69) is 94.5 Å². The highest BCUT2D eigenvalue weighted by Crippen LogP contribution is 2.42. The van der Waals surface area contributed by atoms with Gasteiger partial charge >= 0.3 is 0 Å². The molecule has 2 N–H and O–H groups in total. The molecule has 6 aromatic carbocycles. The average molecular weight is 621 g/mol. The second-order valence-electron chi connectivity index (χ2n) is 12.2. The average Bonchev–Trinajstić information content (AvgIpc) is 3.72. The molecule has 0 aliphatic carbocycles. The van der Waals surface area contributed by atoms with Gasteiger partial charge in [0.1, 0.15) is 40.5 Å². The van der Waals surface area contributed by atoms with Gasteiger partial charge in [0.25, 0.3) is 0 Å². The van der Waals surface area contributed by atoms with Crippen molar-refractivity contribution in [3.05, 3.63) is 163 Å². The summed E-state index contributed by atoms with van der Waals surface area (Å²) in [5, 5.41) is 14.1. The molecule has 4 heterocycles. The second kappa shape index (κ2) is 10.7. The summed E-state index contributed by atoms with van der Waals surface area (Å²) in [4.78, 5) is 9.65. The van der Waals surface area contributed by atoms with Crippen LogP contribution in [0.5, 0.6) is 0 Å². The molecular formula is C42H28N4O2. The van der Waals surface area contributed by atoms with E-state index in [1.165, 1.54) is 0 Å². The number of pyridine rings is 1. The zero-order valence-corrected chi connectivity index (χ0v) is 25.7. The second-order valence-corrected chi connectivity index (χ2v) is 12.2. The third-order valence-corrected chi connectivity index (χ3v) is 9.46. The summed E-state index contributed by atoms with van der Waals surface area (Å²) < 4.78 is 12.7. The monoisotopic (exact) mass is 620 g/mol. The fraction of sp³-hybridized carbons (Fsp3) is 0.0476. The molecular weight excluding hydrogens is 592 g/mol. The first-order chi connectivity index (χ1) is 23.8. The van der Waals surface area contributed by atoms with Gasteiger partial charge in [-0.2, -0.15) is 0 Å². The van der Waals surface area contributed by atoms with Gasteiger partial charge in [-0.1, -0.05) is 97.1 Å². The van der Waals surface area contributed by atoms with E-state index in [1.54, 1.807) is 0 Å². The Morgan fingerprint density at radius 3 is 2.21 bits per heavy atom. The van der Waals surface area contributed by atoms with Gasteiger partial charge in [0, 0.05) is 50.5 Å². The van der Waals surface area contributed by atoms with E-state index in [-0.39, 0.29) is 12.3 Å². The summed E-state index contributed by atoms with van der Waals surface area (Å²) in [6.45, 7) is 0. The molecule has 10 rings (SSSR count). The van der Waals surface area contributed by atoms with E-state index in [0.29, 0.717) is 0 Å². The maximum Gasteiger partial charge on any atom is 0.136 e. The number of benzene rings is 6. The Morgan fingerprint density at radius 1 is 0.542 bits per heavy atom. The van der Waals surface area contributed by atoms with Gasteiger partial charge in [-0.3, -0.25) is 10.3 Å². The quantitative estimate of drug-likeness (QED) is 0.205. The van der Waals surface area contributed by atoms with Gasteiger partial charge in [0.15, 0.2) is 0 Å². The highest BCUT2D eigenvalue weighted by Gasteiger charge is 2.29. The Labute approximate surface area is 275 Å². The van der Waals surface area contributed by atoms with Crippen LogP contribution >= 0.6 is 0 Å². The zero-order chi connectivity index (χ0) is 31.6. The van der Waals surface area contributed by atoms with Crippen LogP contribution in [0, 0.1) is 0 Å². The summed E-state index contributed by atoms with van der Waals surface area (Å²) in [5.74, 6) is 0.829. The minimum atomic E-state index is -0.339. The summed E-state index contributed by atoms with van der Waals surface area (Å²) in [7, 11) is 0. The van der Waals surface area contributed by atoms with Gasteiger partial charge in [-0.15, -0.1) is 0 Å². The first kappa shape index (κ1) is 26.9.